The first kappa shape index (κ1) is 14.9. The van der Waals surface area contributed by atoms with Gasteiger partial charge in [-0.15, -0.1) is 0 Å². The summed E-state index contributed by atoms with van der Waals surface area (Å²) in [6.07, 6.45) is 5.27. The second kappa shape index (κ2) is 9.17. The zero-order valence-corrected chi connectivity index (χ0v) is 10.9. The molecule has 0 spiro atoms. The number of nitrogens with one attached hydrogen (secondary N) is 1. The smallest absolute Gasteiger partial charge is 0.0581 e. The molecule has 2 unspecified atom stereocenters. The normalized spacial score (nSPS) is 15.6. The lowest BCUT2D eigenvalue weighted by Gasteiger charge is -2.15. The van der Waals surface area contributed by atoms with Crippen molar-refractivity contribution in [3.05, 3.63) is 0 Å². The molecule has 0 saturated heterocycles. The van der Waals surface area contributed by atoms with E-state index in [2.05, 4.69) is 26.1 Å². The molecule has 0 aromatic carbocycles. The molecule has 0 radical (unpaired) electrons. The van der Waals surface area contributed by atoms with Crippen LogP contribution >= 0.6 is 0 Å². The maximum atomic E-state index is 8.84. The first-order chi connectivity index (χ1) is 7.06. The summed E-state index contributed by atoms with van der Waals surface area (Å²) in [4.78, 5) is 0. The van der Waals surface area contributed by atoms with Crippen LogP contribution in [0.25, 0.3) is 0 Å². The van der Waals surface area contributed by atoms with E-state index in [0.29, 0.717) is 0 Å². The third-order valence-electron chi connectivity index (χ3n) is 2.88. The second-order valence-corrected chi connectivity index (χ2v) is 5.26. The van der Waals surface area contributed by atoms with E-state index in [1.807, 2.05) is 6.92 Å². The van der Waals surface area contributed by atoms with Crippen LogP contribution in [-0.4, -0.2) is 24.3 Å². The summed E-state index contributed by atoms with van der Waals surface area (Å²) in [5.74, 6) is 1.65. The van der Waals surface area contributed by atoms with Gasteiger partial charge in [0.25, 0.3) is 0 Å². The van der Waals surface area contributed by atoms with Crippen LogP contribution in [0.5, 0.6) is 0 Å². The van der Waals surface area contributed by atoms with Gasteiger partial charge in [-0.25, -0.2) is 0 Å². The lowest BCUT2D eigenvalue weighted by Crippen LogP contribution is -2.30. The minimum atomic E-state index is 0.238. The molecule has 0 saturated carbocycles. The van der Waals surface area contributed by atoms with Gasteiger partial charge in [-0.2, -0.15) is 0 Å². The second-order valence-electron chi connectivity index (χ2n) is 5.26. The van der Waals surface area contributed by atoms with Crippen LogP contribution in [0.3, 0.4) is 0 Å². The van der Waals surface area contributed by atoms with Gasteiger partial charge >= 0.3 is 0 Å². The van der Waals surface area contributed by atoms with Crippen molar-refractivity contribution in [2.45, 2.75) is 59.4 Å². The van der Waals surface area contributed by atoms with Crippen LogP contribution in [0.15, 0.2) is 0 Å². The van der Waals surface area contributed by atoms with Crippen molar-refractivity contribution in [2.75, 3.05) is 13.2 Å². The molecule has 0 rings (SSSR count). The molecular formula is C13H29NO. The Kier molecular flexibility index (Phi) is 9.12. The fraction of sp³-hybridized carbons (Fsp3) is 1.00. The summed E-state index contributed by atoms with van der Waals surface area (Å²) < 4.78 is 0. The predicted molar refractivity (Wildman–Crippen MR) is 67.0 cm³/mol. The fourth-order valence-corrected chi connectivity index (χ4v) is 1.66. The van der Waals surface area contributed by atoms with E-state index in [1.165, 1.54) is 25.7 Å². The molecule has 92 valence electrons. The molecule has 0 bridgehead atoms. The Balaban J connectivity index is 3.29. The zero-order valence-electron chi connectivity index (χ0n) is 10.9. The van der Waals surface area contributed by atoms with Crippen molar-refractivity contribution in [2.24, 2.45) is 11.8 Å². The fourth-order valence-electron chi connectivity index (χ4n) is 1.66. The summed E-state index contributed by atoms with van der Waals surface area (Å²) in [7, 11) is 0. The van der Waals surface area contributed by atoms with E-state index in [9.17, 15) is 0 Å². The average Bonchev–Trinajstić information content (AvgIpc) is 2.17. The van der Waals surface area contributed by atoms with Crippen molar-refractivity contribution in [3.8, 4) is 0 Å². The van der Waals surface area contributed by atoms with E-state index in [0.717, 1.165) is 18.4 Å². The highest BCUT2D eigenvalue weighted by Gasteiger charge is 2.04. The molecule has 0 aliphatic rings. The molecule has 2 heteroatoms. The number of aliphatic hydroxyl groups excluding tert-OH is 1. The average molecular weight is 215 g/mol. The topological polar surface area (TPSA) is 32.3 Å². The highest BCUT2D eigenvalue weighted by molar-refractivity contribution is 4.61. The summed E-state index contributed by atoms with van der Waals surface area (Å²) >= 11 is 0. The van der Waals surface area contributed by atoms with Gasteiger partial charge in [0.15, 0.2) is 0 Å². The molecule has 2 atom stereocenters. The van der Waals surface area contributed by atoms with Crippen LogP contribution in [0.4, 0.5) is 0 Å². The standard InChI is InChI=1S/C13H29NO/c1-11(2)6-5-7-12(3)8-9-14-13(4)10-15/h11-15H,5-10H2,1-4H3. The Hall–Kier alpha value is -0.0800. The Morgan fingerprint density at radius 3 is 2.20 bits per heavy atom. The van der Waals surface area contributed by atoms with Gasteiger partial charge in [-0.3, -0.25) is 0 Å². The van der Waals surface area contributed by atoms with Crippen LogP contribution in [0.2, 0.25) is 0 Å². The molecule has 2 nitrogen and oxygen atoms in total. The Bertz CT molecular complexity index is 136. The van der Waals surface area contributed by atoms with Crippen molar-refractivity contribution in [3.63, 3.8) is 0 Å². The minimum absolute atomic E-state index is 0.238. The van der Waals surface area contributed by atoms with E-state index in [4.69, 9.17) is 5.11 Å². The maximum absolute atomic E-state index is 8.84. The van der Waals surface area contributed by atoms with Crippen molar-refractivity contribution >= 4 is 0 Å². The molecular weight excluding hydrogens is 186 g/mol. The highest BCUT2D eigenvalue weighted by Crippen LogP contribution is 2.14. The van der Waals surface area contributed by atoms with Crippen LogP contribution in [-0.2, 0) is 0 Å². The number of hydrogen-bond acceptors (Lipinski definition) is 2. The Morgan fingerprint density at radius 2 is 1.67 bits per heavy atom. The monoisotopic (exact) mass is 215 g/mol. The number of rotatable bonds is 9. The molecule has 0 fully saturated rings. The lowest BCUT2D eigenvalue weighted by molar-refractivity contribution is 0.249. The summed E-state index contributed by atoms with van der Waals surface area (Å²) in [5.41, 5.74) is 0. The SMILES string of the molecule is CC(C)CCCC(C)CCNC(C)CO. The van der Waals surface area contributed by atoms with Gasteiger partial charge in [-0.05, 0) is 31.7 Å². The molecule has 15 heavy (non-hydrogen) atoms. The molecule has 0 aliphatic heterocycles. The summed E-state index contributed by atoms with van der Waals surface area (Å²) in [6.45, 7) is 10.2. The first-order valence-corrected chi connectivity index (χ1v) is 6.40. The van der Waals surface area contributed by atoms with Crippen molar-refractivity contribution in [1.29, 1.82) is 0 Å². The zero-order chi connectivity index (χ0) is 11.7. The quantitative estimate of drug-likeness (QED) is 0.620. The van der Waals surface area contributed by atoms with Gasteiger partial charge in [0, 0.05) is 6.04 Å². The highest BCUT2D eigenvalue weighted by atomic mass is 16.3. The molecule has 0 amide bonds. The first-order valence-electron chi connectivity index (χ1n) is 6.40. The van der Waals surface area contributed by atoms with E-state index in [-0.39, 0.29) is 12.6 Å². The van der Waals surface area contributed by atoms with Crippen LogP contribution in [0.1, 0.15) is 53.4 Å². The van der Waals surface area contributed by atoms with Gasteiger partial charge in [0.05, 0.1) is 6.61 Å². The van der Waals surface area contributed by atoms with Crippen molar-refractivity contribution in [1.82, 2.24) is 5.32 Å². The maximum Gasteiger partial charge on any atom is 0.0581 e. The largest absolute Gasteiger partial charge is 0.395 e. The molecule has 0 aliphatic carbocycles. The Morgan fingerprint density at radius 1 is 1.00 bits per heavy atom. The lowest BCUT2D eigenvalue weighted by atomic mass is 9.97. The van der Waals surface area contributed by atoms with Crippen LogP contribution in [0, 0.1) is 11.8 Å². The van der Waals surface area contributed by atoms with E-state index < -0.39 is 0 Å². The number of hydrogen-bond donors (Lipinski definition) is 2. The third kappa shape index (κ3) is 10.2. The summed E-state index contributed by atoms with van der Waals surface area (Å²) in [6, 6.07) is 0.243. The van der Waals surface area contributed by atoms with Gasteiger partial charge in [-0.1, -0.05) is 40.0 Å². The van der Waals surface area contributed by atoms with Crippen molar-refractivity contribution < 1.29 is 5.11 Å². The Labute approximate surface area is 95.5 Å². The number of aliphatic hydroxyl groups is 1. The molecule has 0 aromatic rings. The predicted octanol–water partition coefficient (Wildman–Crippen LogP) is 2.81. The summed E-state index contributed by atoms with van der Waals surface area (Å²) in [5, 5.41) is 12.2. The minimum Gasteiger partial charge on any atom is -0.395 e. The van der Waals surface area contributed by atoms with Gasteiger partial charge in [0.1, 0.15) is 0 Å². The molecule has 0 heterocycles. The van der Waals surface area contributed by atoms with Crippen LogP contribution < -0.4 is 5.32 Å². The van der Waals surface area contributed by atoms with E-state index >= 15 is 0 Å². The van der Waals surface area contributed by atoms with Gasteiger partial charge < -0.3 is 10.4 Å². The molecule has 2 N–H and O–H groups in total. The molecule has 0 aromatic heterocycles. The van der Waals surface area contributed by atoms with E-state index in [1.54, 1.807) is 0 Å². The van der Waals surface area contributed by atoms with Gasteiger partial charge in [0.2, 0.25) is 0 Å². The third-order valence-corrected chi connectivity index (χ3v) is 2.88.